The van der Waals surface area contributed by atoms with Crippen LogP contribution in [-0.2, 0) is 0 Å². The SMILES string of the molecule is CC(C)C1(O)CN(C(=O)c2cc3ccccc3o2)C1. The molecule has 0 atom stereocenters. The molecule has 1 aromatic carbocycles. The van der Waals surface area contributed by atoms with Crippen molar-refractivity contribution < 1.29 is 14.3 Å². The summed E-state index contributed by atoms with van der Waals surface area (Å²) in [6.45, 7) is 4.67. The molecule has 1 fully saturated rings. The highest BCUT2D eigenvalue weighted by Crippen LogP contribution is 2.30. The number of furan rings is 1. The molecule has 1 amide bonds. The molecule has 4 nitrogen and oxygen atoms in total. The van der Waals surface area contributed by atoms with E-state index in [4.69, 9.17) is 4.42 Å². The van der Waals surface area contributed by atoms with Crippen molar-refractivity contribution in [1.29, 1.82) is 0 Å². The van der Waals surface area contributed by atoms with Gasteiger partial charge in [-0.15, -0.1) is 0 Å². The number of amides is 1. The van der Waals surface area contributed by atoms with E-state index in [0.717, 1.165) is 5.39 Å². The molecule has 0 unspecified atom stereocenters. The summed E-state index contributed by atoms with van der Waals surface area (Å²) in [6.07, 6.45) is 0. The highest BCUT2D eigenvalue weighted by atomic mass is 16.3. The first-order valence-electron chi connectivity index (χ1n) is 6.50. The Labute approximate surface area is 111 Å². The Kier molecular flexibility index (Phi) is 2.64. The van der Waals surface area contributed by atoms with E-state index in [0.29, 0.717) is 24.4 Å². The minimum Gasteiger partial charge on any atom is -0.451 e. The van der Waals surface area contributed by atoms with Crippen molar-refractivity contribution in [2.45, 2.75) is 19.4 Å². The summed E-state index contributed by atoms with van der Waals surface area (Å²) in [5.74, 6) is 0.334. The van der Waals surface area contributed by atoms with Crippen LogP contribution in [0.3, 0.4) is 0 Å². The number of benzene rings is 1. The predicted octanol–water partition coefficient (Wildman–Crippen LogP) is 2.28. The Morgan fingerprint density at radius 1 is 1.37 bits per heavy atom. The van der Waals surface area contributed by atoms with Crippen molar-refractivity contribution in [2.24, 2.45) is 5.92 Å². The Morgan fingerprint density at radius 3 is 2.68 bits per heavy atom. The molecule has 1 aromatic heterocycles. The maximum Gasteiger partial charge on any atom is 0.289 e. The number of β-amino-alcohol motifs (C(OH)–C–C–N with tert-alkyl or cyclic N) is 1. The van der Waals surface area contributed by atoms with Crippen molar-refractivity contribution in [3.05, 3.63) is 36.1 Å². The maximum atomic E-state index is 12.2. The van der Waals surface area contributed by atoms with E-state index >= 15 is 0 Å². The van der Waals surface area contributed by atoms with Crippen molar-refractivity contribution in [3.63, 3.8) is 0 Å². The number of hydrogen-bond donors (Lipinski definition) is 1. The minimum atomic E-state index is -0.748. The zero-order chi connectivity index (χ0) is 13.6. The molecule has 0 radical (unpaired) electrons. The fourth-order valence-corrected chi connectivity index (χ4v) is 2.37. The lowest BCUT2D eigenvalue weighted by Crippen LogP contribution is -2.65. The quantitative estimate of drug-likeness (QED) is 0.900. The molecule has 19 heavy (non-hydrogen) atoms. The second-order valence-corrected chi connectivity index (χ2v) is 5.57. The average molecular weight is 259 g/mol. The maximum absolute atomic E-state index is 12.2. The molecule has 2 heterocycles. The van der Waals surface area contributed by atoms with Crippen LogP contribution >= 0.6 is 0 Å². The number of carbonyl (C=O) groups excluding carboxylic acids is 1. The van der Waals surface area contributed by atoms with Gasteiger partial charge < -0.3 is 14.4 Å². The van der Waals surface area contributed by atoms with E-state index in [-0.39, 0.29) is 11.8 Å². The van der Waals surface area contributed by atoms with E-state index in [9.17, 15) is 9.90 Å². The van der Waals surface area contributed by atoms with Crippen molar-refractivity contribution in [3.8, 4) is 0 Å². The molecular formula is C15H17NO3. The number of para-hydroxylation sites is 1. The second-order valence-electron chi connectivity index (χ2n) is 5.57. The Morgan fingerprint density at radius 2 is 2.05 bits per heavy atom. The monoisotopic (exact) mass is 259 g/mol. The molecule has 4 heteroatoms. The van der Waals surface area contributed by atoms with Crippen molar-refractivity contribution in [2.75, 3.05) is 13.1 Å². The summed E-state index contributed by atoms with van der Waals surface area (Å²) in [5, 5.41) is 11.1. The molecule has 2 aromatic rings. The van der Waals surface area contributed by atoms with Gasteiger partial charge in [0.2, 0.25) is 0 Å². The van der Waals surface area contributed by atoms with Crippen molar-refractivity contribution >= 4 is 16.9 Å². The number of carbonyl (C=O) groups is 1. The normalized spacial score (nSPS) is 17.8. The third kappa shape index (κ3) is 1.92. The molecule has 0 aliphatic carbocycles. The highest BCUT2D eigenvalue weighted by molar-refractivity contribution is 5.96. The van der Waals surface area contributed by atoms with E-state index < -0.39 is 5.60 Å². The molecule has 1 aliphatic rings. The third-order valence-electron chi connectivity index (χ3n) is 3.93. The summed E-state index contributed by atoms with van der Waals surface area (Å²) in [7, 11) is 0. The van der Waals surface area contributed by atoms with Gasteiger partial charge in [-0.2, -0.15) is 0 Å². The van der Waals surface area contributed by atoms with Gasteiger partial charge in [0.05, 0.1) is 13.1 Å². The fraction of sp³-hybridized carbons (Fsp3) is 0.400. The summed E-state index contributed by atoms with van der Waals surface area (Å²) in [5.41, 5.74) is -0.0349. The van der Waals surface area contributed by atoms with Gasteiger partial charge in [0.1, 0.15) is 11.2 Å². The minimum absolute atomic E-state index is 0.146. The van der Waals surface area contributed by atoms with Gasteiger partial charge >= 0.3 is 0 Å². The molecule has 1 N–H and O–H groups in total. The second kappa shape index (κ2) is 4.10. The van der Waals surface area contributed by atoms with Crippen LogP contribution in [-0.4, -0.2) is 34.6 Å². The number of hydrogen-bond acceptors (Lipinski definition) is 3. The predicted molar refractivity (Wildman–Crippen MR) is 71.9 cm³/mol. The molecule has 3 rings (SSSR count). The Bertz CT molecular complexity index is 590. The highest BCUT2D eigenvalue weighted by Gasteiger charge is 2.46. The summed E-state index contributed by atoms with van der Waals surface area (Å²) in [6, 6.07) is 9.29. The van der Waals surface area contributed by atoms with E-state index in [2.05, 4.69) is 0 Å². The number of aliphatic hydroxyl groups is 1. The van der Waals surface area contributed by atoms with Gasteiger partial charge in [-0.3, -0.25) is 4.79 Å². The summed E-state index contributed by atoms with van der Waals surface area (Å²) in [4.78, 5) is 13.9. The van der Waals surface area contributed by atoms with Crippen LogP contribution in [0.15, 0.2) is 34.7 Å². The third-order valence-corrected chi connectivity index (χ3v) is 3.93. The van der Waals surface area contributed by atoms with Crippen LogP contribution in [0.1, 0.15) is 24.4 Å². The number of rotatable bonds is 2. The number of nitrogens with zero attached hydrogens (tertiary/aromatic N) is 1. The molecule has 0 saturated carbocycles. The summed E-state index contributed by atoms with van der Waals surface area (Å²) >= 11 is 0. The first-order chi connectivity index (χ1) is 8.99. The molecule has 0 spiro atoms. The topological polar surface area (TPSA) is 53.7 Å². The molecule has 1 saturated heterocycles. The lowest BCUT2D eigenvalue weighted by Gasteiger charge is -2.48. The molecule has 1 aliphatic heterocycles. The van der Waals surface area contributed by atoms with E-state index in [1.54, 1.807) is 11.0 Å². The smallest absolute Gasteiger partial charge is 0.289 e. The van der Waals surface area contributed by atoms with Crippen LogP contribution in [0.4, 0.5) is 0 Å². The van der Waals surface area contributed by atoms with Gasteiger partial charge in [-0.05, 0) is 18.1 Å². The van der Waals surface area contributed by atoms with Crippen LogP contribution in [0.5, 0.6) is 0 Å². The largest absolute Gasteiger partial charge is 0.451 e. The summed E-state index contributed by atoms with van der Waals surface area (Å²) < 4.78 is 5.54. The zero-order valence-electron chi connectivity index (χ0n) is 11.1. The first-order valence-corrected chi connectivity index (χ1v) is 6.50. The Hall–Kier alpha value is -1.81. The first kappa shape index (κ1) is 12.2. The van der Waals surface area contributed by atoms with Gasteiger partial charge in [0.15, 0.2) is 5.76 Å². The van der Waals surface area contributed by atoms with Crippen LogP contribution in [0.2, 0.25) is 0 Å². The average Bonchev–Trinajstić information content (AvgIpc) is 2.77. The number of likely N-dealkylation sites (tertiary alicyclic amines) is 1. The standard InChI is InChI=1S/C15H17NO3/c1-10(2)15(18)8-16(9-15)14(17)13-7-11-5-3-4-6-12(11)19-13/h3-7,10,18H,8-9H2,1-2H3. The van der Waals surface area contributed by atoms with Gasteiger partial charge in [-0.1, -0.05) is 32.0 Å². The Balaban J connectivity index is 1.79. The zero-order valence-corrected chi connectivity index (χ0v) is 11.1. The van der Waals surface area contributed by atoms with Crippen LogP contribution in [0, 0.1) is 5.92 Å². The van der Waals surface area contributed by atoms with Gasteiger partial charge in [0, 0.05) is 5.39 Å². The van der Waals surface area contributed by atoms with E-state index in [1.165, 1.54) is 0 Å². The molecule has 0 bridgehead atoms. The van der Waals surface area contributed by atoms with Crippen molar-refractivity contribution in [1.82, 2.24) is 4.90 Å². The number of fused-ring (bicyclic) bond motifs is 1. The lowest BCUT2D eigenvalue weighted by atomic mass is 9.83. The fourth-order valence-electron chi connectivity index (χ4n) is 2.37. The van der Waals surface area contributed by atoms with Gasteiger partial charge in [-0.25, -0.2) is 0 Å². The molecular weight excluding hydrogens is 242 g/mol. The van der Waals surface area contributed by atoms with Crippen LogP contribution < -0.4 is 0 Å². The van der Waals surface area contributed by atoms with E-state index in [1.807, 2.05) is 38.1 Å². The molecule has 100 valence electrons. The van der Waals surface area contributed by atoms with Gasteiger partial charge in [0.25, 0.3) is 5.91 Å². The van der Waals surface area contributed by atoms with Crippen LogP contribution in [0.25, 0.3) is 11.0 Å². The lowest BCUT2D eigenvalue weighted by molar-refractivity contribution is -0.111.